The standard InChI is InChI=1S/C17H15ClOS2/c1-17(2)9-11-7-10(3-4-12(11)19-17)16(18)15-8-14-13(21-15)5-6-20-14/h3-8,16H,9H2,1-2H3. The molecule has 3 heterocycles. The van der Waals surface area contributed by atoms with Crippen LogP contribution in [0, 0.1) is 0 Å². The third-order valence-corrected chi connectivity index (χ3v) is 6.56. The Balaban J connectivity index is 1.69. The van der Waals surface area contributed by atoms with Crippen LogP contribution in [0.5, 0.6) is 5.75 Å². The predicted octanol–water partition coefficient (Wildman–Crippen LogP) is 6.00. The molecule has 108 valence electrons. The van der Waals surface area contributed by atoms with Crippen molar-refractivity contribution in [3.05, 3.63) is 51.7 Å². The molecule has 0 saturated heterocycles. The van der Waals surface area contributed by atoms with Gasteiger partial charge in [0.1, 0.15) is 11.4 Å². The summed E-state index contributed by atoms with van der Waals surface area (Å²) in [4.78, 5) is 1.22. The van der Waals surface area contributed by atoms with Crippen LogP contribution in [-0.2, 0) is 6.42 Å². The maximum atomic E-state index is 6.71. The van der Waals surface area contributed by atoms with Crippen LogP contribution < -0.4 is 4.74 Å². The van der Waals surface area contributed by atoms with E-state index in [1.807, 2.05) is 0 Å². The van der Waals surface area contributed by atoms with Gasteiger partial charge >= 0.3 is 0 Å². The molecule has 1 aliphatic heterocycles. The molecule has 0 bridgehead atoms. The molecule has 0 spiro atoms. The molecular formula is C17H15ClOS2. The Hall–Kier alpha value is -1.03. The lowest BCUT2D eigenvalue weighted by atomic mass is 9.99. The highest BCUT2D eigenvalue weighted by Gasteiger charge is 2.30. The van der Waals surface area contributed by atoms with Crippen LogP contribution in [0.1, 0.15) is 35.2 Å². The molecule has 4 heteroatoms. The van der Waals surface area contributed by atoms with E-state index in [2.05, 4.69) is 49.6 Å². The van der Waals surface area contributed by atoms with Crippen molar-refractivity contribution >= 4 is 43.7 Å². The van der Waals surface area contributed by atoms with Crippen LogP contribution in [-0.4, -0.2) is 5.60 Å². The van der Waals surface area contributed by atoms with E-state index in [1.165, 1.54) is 19.8 Å². The minimum Gasteiger partial charge on any atom is -0.487 e. The van der Waals surface area contributed by atoms with Gasteiger partial charge in [-0.1, -0.05) is 12.1 Å². The molecule has 21 heavy (non-hydrogen) atoms. The Kier molecular flexibility index (Phi) is 3.07. The number of benzene rings is 1. The van der Waals surface area contributed by atoms with Crippen LogP contribution in [0.15, 0.2) is 35.7 Å². The summed E-state index contributed by atoms with van der Waals surface area (Å²) in [5.41, 5.74) is 2.32. The largest absolute Gasteiger partial charge is 0.487 e. The summed E-state index contributed by atoms with van der Waals surface area (Å²) in [6.07, 6.45) is 0.944. The fraction of sp³-hybridized carbons (Fsp3) is 0.294. The molecule has 0 fully saturated rings. The number of ether oxygens (including phenoxy) is 1. The Morgan fingerprint density at radius 3 is 2.86 bits per heavy atom. The monoisotopic (exact) mass is 334 g/mol. The number of hydrogen-bond donors (Lipinski definition) is 0. The number of rotatable bonds is 2. The smallest absolute Gasteiger partial charge is 0.123 e. The Labute approximate surface area is 137 Å². The molecule has 4 rings (SSSR count). The Morgan fingerprint density at radius 2 is 2.05 bits per heavy atom. The topological polar surface area (TPSA) is 9.23 Å². The van der Waals surface area contributed by atoms with Gasteiger partial charge in [0.15, 0.2) is 0 Å². The summed E-state index contributed by atoms with van der Waals surface area (Å²) in [5, 5.41) is 2.05. The lowest BCUT2D eigenvalue weighted by Crippen LogP contribution is -2.24. The quantitative estimate of drug-likeness (QED) is 0.522. The maximum Gasteiger partial charge on any atom is 0.123 e. The molecule has 1 aliphatic rings. The van der Waals surface area contributed by atoms with E-state index in [0.717, 1.165) is 17.7 Å². The lowest BCUT2D eigenvalue weighted by Gasteiger charge is -2.16. The van der Waals surface area contributed by atoms with Gasteiger partial charge in [0.05, 0.1) is 5.38 Å². The average Bonchev–Trinajstić information content (AvgIpc) is 3.06. The van der Waals surface area contributed by atoms with Crippen molar-refractivity contribution in [2.45, 2.75) is 31.2 Å². The summed E-state index contributed by atoms with van der Waals surface area (Å²) < 4.78 is 8.58. The molecule has 0 amide bonds. The van der Waals surface area contributed by atoms with Crippen molar-refractivity contribution in [3.63, 3.8) is 0 Å². The van der Waals surface area contributed by atoms with Gasteiger partial charge in [-0.3, -0.25) is 0 Å². The second kappa shape index (κ2) is 4.73. The normalized spacial score (nSPS) is 17.7. The summed E-state index contributed by atoms with van der Waals surface area (Å²) >= 11 is 10.3. The second-order valence-corrected chi connectivity index (χ2v) is 8.57. The number of halogens is 1. The minimum atomic E-state index is -0.103. The fourth-order valence-corrected chi connectivity index (χ4v) is 5.32. The van der Waals surface area contributed by atoms with Gasteiger partial charge < -0.3 is 4.74 Å². The lowest BCUT2D eigenvalue weighted by molar-refractivity contribution is 0.138. The first-order valence-corrected chi connectivity index (χ1v) is 9.08. The van der Waals surface area contributed by atoms with Gasteiger partial charge in [0.2, 0.25) is 0 Å². The van der Waals surface area contributed by atoms with Crippen molar-refractivity contribution in [2.24, 2.45) is 0 Å². The summed E-state index contributed by atoms with van der Waals surface area (Å²) in [6, 6.07) is 10.7. The minimum absolute atomic E-state index is 0.0800. The van der Waals surface area contributed by atoms with Crippen LogP contribution in [0.3, 0.4) is 0 Å². The third kappa shape index (κ3) is 2.37. The average molecular weight is 335 g/mol. The highest BCUT2D eigenvalue weighted by Crippen LogP contribution is 2.42. The molecule has 2 aromatic heterocycles. The first-order valence-electron chi connectivity index (χ1n) is 6.95. The van der Waals surface area contributed by atoms with Gasteiger partial charge in [-0.25, -0.2) is 0 Å². The molecule has 0 saturated carbocycles. The molecule has 1 aromatic carbocycles. The molecular weight excluding hydrogens is 320 g/mol. The van der Waals surface area contributed by atoms with Crippen LogP contribution in [0.2, 0.25) is 0 Å². The Morgan fingerprint density at radius 1 is 1.19 bits per heavy atom. The first-order chi connectivity index (χ1) is 10.0. The van der Waals surface area contributed by atoms with E-state index in [1.54, 1.807) is 22.7 Å². The van der Waals surface area contributed by atoms with Crippen molar-refractivity contribution in [2.75, 3.05) is 0 Å². The van der Waals surface area contributed by atoms with Gasteiger partial charge in [-0.05, 0) is 48.6 Å². The van der Waals surface area contributed by atoms with Crippen molar-refractivity contribution < 1.29 is 4.74 Å². The predicted molar refractivity (Wildman–Crippen MR) is 92.3 cm³/mol. The zero-order chi connectivity index (χ0) is 14.6. The number of thiophene rings is 2. The van der Waals surface area contributed by atoms with E-state index in [4.69, 9.17) is 16.3 Å². The molecule has 3 aromatic rings. The molecule has 0 aliphatic carbocycles. The zero-order valence-electron chi connectivity index (χ0n) is 11.9. The van der Waals surface area contributed by atoms with Crippen LogP contribution in [0.4, 0.5) is 0 Å². The number of alkyl halides is 1. The molecule has 1 nitrogen and oxygen atoms in total. The number of fused-ring (bicyclic) bond motifs is 2. The summed E-state index contributed by atoms with van der Waals surface area (Å²) in [7, 11) is 0. The fourth-order valence-electron chi connectivity index (χ4n) is 2.86. The molecule has 1 unspecified atom stereocenters. The highest BCUT2D eigenvalue weighted by molar-refractivity contribution is 7.27. The van der Waals surface area contributed by atoms with Crippen LogP contribution in [0.25, 0.3) is 9.40 Å². The maximum absolute atomic E-state index is 6.71. The van der Waals surface area contributed by atoms with Gasteiger partial charge in [0.25, 0.3) is 0 Å². The summed E-state index contributed by atoms with van der Waals surface area (Å²) in [5.74, 6) is 1.000. The van der Waals surface area contributed by atoms with E-state index in [-0.39, 0.29) is 11.0 Å². The van der Waals surface area contributed by atoms with Gasteiger partial charge in [0, 0.05) is 20.7 Å². The second-order valence-electron chi connectivity index (χ2n) is 6.07. The Bertz CT molecular complexity index is 787. The summed E-state index contributed by atoms with van der Waals surface area (Å²) in [6.45, 7) is 4.25. The third-order valence-electron chi connectivity index (χ3n) is 3.79. The van der Waals surface area contributed by atoms with E-state index in [0.29, 0.717) is 0 Å². The van der Waals surface area contributed by atoms with Crippen molar-refractivity contribution in [1.29, 1.82) is 0 Å². The highest BCUT2D eigenvalue weighted by atomic mass is 35.5. The zero-order valence-corrected chi connectivity index (χ0v) is 14.2. The van der Waals surface area contributed by atoms with E-state index < -0.39 is 0 Å². The first kappa shape index (κ1) is 13.6. The molecule has 0 radical (unpaired) electrons. The van der Waals surface area contributed by atoms with Crippen molar-refractivity contribution in [1.82, 2.24) is 0 Å². The molecule has 1 atom stereocenters. The van der Waals surface area contributed by atoms with Gasteiger partial charge in [-0.2, -0.15) is 0 Å². The van der Waals surface area contributed by atoms with E-state index >= 15 is 0 Å². The van der Waals surface area contributed by atoms with Crippen LogP contribution >= 0.6 is 34.3 Å². The van der Waals surface area contributed by atoms with Crippen molar-refractivity contribution in [3.8, 4) is 5.75 Å². The SMILES string of the molecule is CC1(C)Cc2cc(C(Cl)c3cc4sccc4s3)ccc2O1. The van der Waals surface area contributed by atoms with Gasteiger partial charge in [-0.15, -0.1) is 34.3 Å². The molecule has 0 N–H and O–H groups in total. The number of hydrogen-bond acceptors (Lipinski definition) is 3. The van der Waals surface area contributed by atoms with E-state index in [9.17, 15) is 0 Å².